The molecule has 0 heterocycles. The van der Waals surface area contributed by atoms with Crippen LogP contribution in [0.5, 0.6) is 0 Å². The molecule has 0 aromatic carbocycles. The van der Waals surface area contributed by atoms with Crippen LogP contribution in [0.15, 0.2) is 134 Å². The van der Waals surface area contributed by atoms with Crippen molar-refractivity contribution in [2.45, 2.75) is 334 Å². The van der Waals surface area contributed by atoms with E-state index in [1.54, 1.807) is 0 Å². The van der Waals surface area contributed by atoms with Gasteiger partial charge in [0.15, 0.2) is 6.10 Å². The molecule has 93 heavy (non-hydrogen) atoms. The minimum atomic E-state index is -1.52. The molecule has 0 aromatic rings. The summed E-state index contributed by atoms with van der Waals surface area (Å²) in [6.45, 7) is 4.68. The molecule has 2 atom stereocenters. The Morgan fingerprint density at radius 2 is 0.581 bits per heavy atom. The quantitative estimate of drug-likeness (QED) is 0.0211. The van der Waals surface area contributed by atoms with Gasteiger partial charge in [-0.3, -0.25) is 9.59 Å². The summed E-state index contributed by atoms with van der Waals surface area (Å²) >= 11 is 0. The Kier molecular flexibility index (Phi) is 69.6. The second-order valence-corrected chi connectivity index (χ2v) is 26.6. The topological polar surface area (TPSA) is 108 Å². The highest BCUT2D eigenvalue weighted by Gasteiger charge is 2.25. The van der Waals surface area contributed by atoms with Crippen LogP contribution < -0.4 is 0 Å². The maximum atomic E-state index is 13.0. The lowest BCUT2D eigenvalue weighted by atomic mass is 10.0. The molecule has 532 valence electrons. The number of ether oxygens (including phenoxy) is 4. The van der Waals surface area contributed by atoms with Gasteiger partial charge in [0.1, 0.15) is 13.2 Å². The van der Waals surface area contributed by atoms with Crippen LogP contribution in [0.2, 0.25) is 0 Å². The molecule has 9 heteroatoms. The maximum absolute atomic E-state index is 13.0. The summed E-state index contributed by atoms with van der Waals surface area (Å²) < 4.78 is 23.0. The van der Waals surface area contributed by atoms with E-state index in [-0.39, 0.29) is 32.2 Å². The van der Waals surface area contributed by atoms with E-state index in [0.29, 0.717) is 17.4 Å². The van der Waals surface area contributed by atoms with Crippen molar-refractivity contribution in [2.75, 3.05) is 47.5 Å². The molecule has 0 aliphatic heterocycles. The molecule has 0 spiro atoms. The fourth-order valence-corrected chi connectivity index (χ4v) is 10.6. The molecular weight excluding hydrogens is 1150 g/mol. The second kappa shape index (κ2) is 73.2. The predicted octanol–water partition coefficient (Wildman–Crippen LogP) is 24.5. The number of esters is 2. The average Bonchev–Trinajstić information content (AvgIpc) is 3.38. The highest BCUT2D eigenvalue weighted by Crippen LogP contribution is 2.18. The number of rotatable bonds is 70. The van der Waals surface area contributed by atoms with Gasteiger partial charge >= 0.3 is 17.9 Å². The fraction of sp³-hybridized carbons (Fsp3) is 0.702. The summed E-state index contributed by atoms with van der Waals surface area (Å²) in [4.78, 5) is 37.7. The first-order valence-electron chi connectivity index (χ1n) is 38.3. The number of hydrogen-bond donors (Lipinski definition) is 1. The number of carbonyl (C=O) groups excluding carboxylic acids is 2. The Morgan fingerprint density at radius 1 is 0.323 bits per heavy atom. The minimum absolute atomic E-state index is 0.184. The second-order valence-electron chi connectivity index (χ2n) is 26.6. The van der Waals surface area contributed by atoms with Crippen LogP contribution >= 0.6 is 0 Å². The lowest BCUT2D eigenvalue weighted by Gasteiger charge is -2.25. The van der Waals surface area contributed by atoms with Gasteiger partial charge in [0.25, 0.3) is 6.29 Å². The van der Waals surface area contributed by atoms with Crippen LogP contribution in [0, 0.1) is 0 Å². The summed E-state index contributed by atoms with van der Waals surface area (Å²) in [5.41, 5.74) is 0. The number of hydrogen-bond acceptors (Lipinski definition) is 7. The van der Waals surface area contributed by atoms with Crippen LogP contribution in [-0.4, -0.2) is 87.4 Å². The van der Waals surface area contributed by atoms with Gasteiger partial charge in [-0.15, -0.1) is 0 Å². The summed E-state index contributed by atoms with van der Waals surface area (Å²) in [5, 5.41) is 9.77. The van der Waals surface area contributed by atoms with Crippen molar-refractivity contribution in [1.29, 1.82) is 0 Å². The number of nitrogens with zero attached hydrogens (tertiary/aromatic N) is 1. The minimum Gasteiger partial charge on any atom is -0.477 e. The van der Waals surface area contributed by atoms with E-state index in [2.05, 4.69) is 148 Å². The van der Waals surface area contributed by atoms with Gasteiger partial charge in [-0.2, -0.15) is 0 Å². The molecule has 0 saturated heterocycles. The Hall–Kier alpha value is -4.57. The lowest BCUT2D eigenvalue weighted by molar-refractivity contribution is -0.870. The van der Waals surface area contributed by atoms with Gasteiger partial charge in [-0.05, 0) is 109 Å². The van der Waals surface area contributed by atoms with Gasteiger partial charge in [0, 0.05) is 12.8 Å². The first kappa shape index (κ1) is 88.4. The first-order chi connectivity index (χ1) is 45.6. The van der Waals surface area contributed by atoms with Crippen molar-refractivity contribution in [3.8, 4) is 0 Å². The maximum Gasteiger partial charge on any atom is 0.361 e. The number of aliphatic carboxylic acids is 1. The third kappa shape index (κ3) is 74.7. The largest absolute Gasteiger partial charge is 0.477 e. The normalized spacial score (nSPS) is 13.4. The highest BCUT2D eigenvalue weighted by molar-refractivity contribution is 5.71. The van der Waals surface area contributed by atoms with E-state index in [1.807, 2.05) is 21.1 Å². The monoisotopic (exact) mass is 1300 g/mol. The van der Waals surface area contributed by atoms with Gasteiger partial charge in [0.05, 0.1) is 34.4 Å². The summed E-state index contributed by atoms with van der Waals surface area (Å²) in [6.07, 6.45) is 103. The SMILES string of the molecule is CC/C=C\C/C=C\C/C=C\C/C=C\C/C=C\C/C=C\C/C=C\CCCCCCCCCCCCCCCCCCCCCC(=O)OC(COC(=O)CCCCCCCCCCCCCCCC/C=C\C/C=C\C/C=C\C/C=C\CC)COC(OCC[N+](C)(C)C)C(=O)O. The molecule has 0 radical (unpaired) electrons. The van der Waals surface area contributed by atoms with Crippen molar-refractivity contribution in [1.82, 2.24) is 0 Å². The molecular formula is C84H144NO8+. The molecule has 0 saturated carbocycles. The third-order valence-corrected chi connectivity index (χ3v) is 16.4. The molecule has 0 aromatic heterocycles. The van der Waals surface area contributed by atoms with Crippen molar-refractivity contribution in [3.05, 3.63) is 134 Å². The molecule has 9 nitrogen and oxygen atoms in total. The zero-order valence-corrected chi connectivity index (χ0v) is 60.9. The number of carboxylic acid groups (broad SMARTS) is 1. The molecule has 0 aliphatic rings. The average molecular weight is 1300 g/mol. The Balaban J connectivity index is 4.03. The smallest absolute Gasteiger partial charge is 0.361 e. The predicted molar refractivity (Wildman–Crippen MR) is 401 cm³/mol. The van der Waals surface area contributed by atoms with Crippen LogP contribution in [0.3, 0.4) is 0 Å². The van der Waals surface area contributed by atoms with Gasteiger partial charge in [0.2, 0.25) is 0 Å². The molecule has 0 fully saturated rings. The van der Waals surface area contributed by atoms with Crippen LogP contribution in [0.1, 0.15) is 322 Å². The van der Waals surface area contributed by atoms with E-state index in [0.717, 1.165) is 109 Å². The Labute approximate surface area is 573 Å². The Morgan fingerprint density at radius 3 is 0.860 bits per heavy atom. The number of quaternary nitrogens is 1. The first-order valence-corrected chi connectivity index (χ1v) is 38.3. The lowest BCUT2D eigenvalue weighted by Crippen LogP contribution is -2.40. The molecule has 1 N–H and O–H groups in total. The van der Waals surface area contributed by atoms with Crippen molar-refractivity contribution < 1.29 is 42.9 Å². The molecule has 0 rings (SSSR count). The van der Waals surface area contributed by atoms with Crippen LogP contribution in [0.25, 0.3) is 0 Å². The summed E-state index contributed by atoms with van der Waals surface area (Å²) in [7, 11) is 5.98. The van der Waals surface area contributed by atoms with E-state index >= 15 is 0 Å². The van der Waals surface area contributed by atoms with E-state index in [1.165, 1.54) is 186 Å². The summed E-state index contributed by atoms with van der Waals surface area (Å²) in [6, 6.07) is 0. The number of carboxylic acids is 1. The molecule has 2 unspecified atom stereocenters. The number of unbranched alkanes of at least 4 members (excludes halogenated alkanes) is 33. The van der Waals surface area contributed by atoms with E-state index in [9.17, 15) is 19.5 Å². The zero-order valence-electron chi connectivity index (χ0n) is 60.9. The number of carbonyl (C=O) groups is 3. The van der Waals surface area contributed by atoms with Crippen molar-refractivity contribution >= 4 is 17.9 Å². The van der Waals surface area contributed by atoms with Crippen LogP contribution in [-0.2, 0) is 33.3 Å². The molecule has 0 amide bonds. The highest BCUT2D eigenvalue weighted by atomic mass is 16.7. The van der Waals surface area contributed by atoms with Gasteiger partial charge < -0.3 is 28.5 Å². The number of likely N-dealkylation sites (N-methyl/N-ethyl adjacent to an activating group) is 1. The zero-order chi connectivity index (χ0) is 67.5. The molecule has 0 bridgehead atoms. The summed E-state index contributed by atoms with van der Waals surface area (Å²) in [5.74, 6) is -2.00. The van der Waals surface area contributed by atoms with E-state index in [4.69, 9.17) is 18.9 Å². The third-order valence-electron chi connectivity index (χ3n) is 16.4. The van der Waals surface area contributed by atoms with E-state index < -0.39 is 24.3 Å². The fourth-order valence-electron chi connectivity index (χ4n) is 10.6. The standard InChI is InChI=1S/C84H143NO8/c1-6-8-10-12-14-16-18-20-22-24-26-28-30-32-34-35-36-37-38-39-40-41-42-43-44-45-46-47-49-51-53-55-57-59-61-63-65-67-69-71-73-75-82(87)93-80(79-92-84(83(88)89)90-77-76-85(3,4)5)78-91-81(86)74-72-70-68-66-64-62-60-58-56-54-52-50-48-33-31-29-27-25-23-21-19-17-15-13-11-9-7-2/h8-11,14-17,20-23,26-29,32,34,36-37,39-40,80,84H,6-7,12-13,18-19,24-25,30-31,33,35,38,41-79H2,1-5H3/p+1/b10-8-,11-9-,16-14-,17-15-,22-20-,23-21-,28-26-,29-27-,34-32-,37-36-,40-39-. The Bertz CT molecular complexity index is 2000. The van der Waals surface area contributed by atoms with Crippen molar-refractivity contribution in [3.63, 3.8) is 0 Å². The molecule has 0 aliphatic carbocycles. The van der Waals surface area contributed by atoms with Crippen LogP contribution in [0.4, 0.5) is 0 Å². The van der Waals surface area contributed by atoms with Gasteiger partial charge in [-0.1, -0.05) is 334 Å². The van der Waals surface area contributed by atoms with Gasteiger partial charge in [-0.25, -0.2) is 4.79 Å². The number of allylic oxidation sites excluding steroid dienone is 22. The van der Waals surface area contributed by atoms with Crippen molar-refractivity contribution in [2.24, 2.45) is 0 Å².